The number of alkyl halides is 3. The fourth-order valence-electron chi connectivity index (χ4n) is 2.58. The van der Waals surface area contributed by atoms with Gasteiger partial charge in [-0.2, -0.15) is 13.2 Å². The minimum Gasteiger partial charge on any atom is -0.330 e. The second-order valence-electron chi connectivity index (χ2n) is 5.24. The lowest BCUT2D eigenvalue weighted by Gasteiger charge is -2.22. The minimum atomic E-state index is -4.37. The fourth-order valence-corrected chi connectivity index (χ4v) is 2.58. The summed E-state index contributed by atoms with van der Waals surface area (Å²) in [5.74, 6) is 0. The van der Waals surface area contributed by atoms with E-state index in [0.29, 0.717) is 6.42 Å². The normalized spacial score (nSPS) is 26.9. The lowest BCUT2D eigenvalue weighted by Crippen LogP contribution is -2.29. The molecule has 94 valence electrons. The third-order valence-electron chi connectivity index (χ3n) is 3.83. The molecule has 5 heteroatoms. The smallest absolute Gasteiger partial charge is 0.330 e. The van der Waals surface area contributed by atoms with Crippen LogP contribution in [0, 0.1) is 5.41 Å². The van der Waals surface area contributed by atoms with Crippen molar-refractivity contribution in [2.45, 2.75) is 31.9 Å². The molecule has 1 aromatic heterocycles. The molecule has 0 amide bonds. The molecule has 0 radical (unpaired) electrons. The van der Waals surface area contributed by atoms with Crippen molar-refractivity contribution in [1.82, 2.24) is 4.98 Å². The summed E-state index contributed by atoms with van der Waals surface area (Å²) in [6, 6.07) is 2.39. The molecule has 0 spiro atoms. The Balaban J connectivity index is 2.54. The van der Waals surface area contributed by atoms with Gasteiger partial charge in [0.2, 0.25) is 0 Å². The predicted octanol–water partition coefficient (Wildman–Crippen LogP) is 2.73. The molecule has 1 aliphatic carbocycles. The van der Waals surface area contributed by atoms with E-state index in [1.165, 1.54) is 12.3 Å². The second kappa shape index (κ2) is 3.45. The zero-order chi connectivity index (χ0) is 12.9. The van der Waals surface area contributed by atoms with E-state index in [-0.39, 0.29) is 17.7 Å². The van der Waals surface area contributed by atoms with Crippen molar-refractivity contribution in [3.63, 3.8) is 0 Å². The van der Waals surface area contributed by atoms with Crippen molar-refractivity contribution in [3.8, 4) is 0 Å². The van der Waals surface area contributed by atoms with Gasteiger partial charge in [-0.25, -0.2) is 0 Å². The highest BCUT2D eigenvalue weighted by atomic mass is 19.4. The van der Waals surface area contributed by atoms with Gasteiger partial charge in [-0.3, -0.25) is 4.98 Å². The molecule has 1 fully saturated rings. The highest BCUT2D eigenvalue weighted by Crippen LogP contribution is 2.64. The van der Waals surface area contributed by atoms with Crippen molar-refractivity contribution >= 4 is 0 Å². The van der Waals surface area contributed by atoms with E-state index in [1.54, 1.807) is 0 Å². The molecular weight excluding hydrogens is 229 g/mol. The molecule has 1 unspecified atom stereocenters. The van der Waals surface area contributed by atoms with Gasteiger partial charge in [0.1, 0.15) is 0 Å². The molecule has 2 nitrogen and oxygen atoms in total. The van der Waals surface area contributed by atoms with Crippen molar-refractivity contribution < 1.29 is 13.2 Å². The van der Waals surface area contributed by atoms with Crippen molar-refractivity contribution in [2.75, 3.05) is 6.54 Å². The average Bonchev–Trinajstić information content (AvgIpc) is 2.81. The maximum atomic E-state index is 12.9. The van der Waals surface area contributed by atoms with Crippen LogP contribution in [0.3, 0.4) is 0 Å². The molecule has 2 N–H and O–H groups in total. The first kappa shape index (κ1) is 12.4. The van der Waals surface area contributed by atoms with E-state index in [2.05, 4.69) is 4.98 Å². The largest absolute Gasteiger partial charge is 0.418 e. The van der Waals surface area contributed by atoms with E-state index in [9.17, 15) is 13.2 Å². The summed E-state index contributed by atoms with van der Waals surface area (Å²) < 4.78 is 38.7. The van der Waals surface area contributed by atoms with Gasteiger partial charge in [0.25, 0.3) is 0 Å². The number of nitrogens with two attached hydrogens (primary N) is 1. The lowest BCUT2D eigenvalue weighted by atomic mass is 9.89. The van der Waals surface area contributed by atoms with Crippen LogP contribution < -0.4 is 5.73 Å². The second-order valence-corrected chi connectivity index (χ2v) is 5.24. The first-order valence-corrected chi connectivity index (χ1v) is 5.47. The summed E-state index contributed by atoms with van der Waals surface area (Å²) in [5, 5.41) is 0. The van der Waals surface area contributed by atoms with Crippen LogP contribution in [0.5, 0.6) is 0 Å². The molecule has 0 saturated heterocycles. The minimum absolute atomic E-state index is 0.0972. The van der Waals surface area contributed by atoms with Crippen LogP contribution in [-0.4, -0.2) is 11.5 Å². The van der Waals surface area contributed by atoms with Gasteiger partial charge in [0.15, 0.2) is 0 Å². The highest BCUT2D eigenvalue weighted by molar-refractivity contribution is 5.39. The molecule has 0 aromatic carbocycles. The summed E-state index contributed by atoms with van der Waals surface area (Å²) in [7, 11) is 0. The Hall–Kier alpha value is -1.10. The Morgan fingerprint density at radius 1 is 1.41 bits per heavy atom. The number of nitrogens with zero attached hydrogens (tertiary/aromatic N) is 1. The van der Waals surface area contributed by atoms with Crippen LogP contribution in [0.1, 0.15) is 31.5 Å². The van der Waals surface area contributed by atoms with Crippen LogP contribution in [0.2, 0.25) is 0 Å². The third-order valence-corrected chi connectivity index (χ3v) is 3.83. The molecule has 1 aromatic rings. The third kappa shape index (κ3) is 1.73. The maximum Gasteiger partial charge on any atom is 0.418 e. The van der Waals surface area contributed by atoms with Crippen molar-refractivity contribution in [3.05, 3.63) is 29.6 Å². The molecule has 2 rings (SSSR count). The van der Waals surface area contributed by atoms with Crippen molar-refractivity contribution in [2.24, 2.45) is 11.1 Å². The number of aromatic nitrogens is 1. The number of hydrogen-bond donors (Lipinski definition) is 1. The zero-order valence-electron chi connectivity index (χ0n) is 9.80. The number of rotatable bonds is 2. The molecule has 0 bridgehead atoms. The number of hydrogen-bond acceptors (Lipinski definition) is 2. The van der Waals surface area contributed by atoms with Crippen molar-refractivity contribution in [1.29, 1.82) is 0 Å². The summed E-state index contributed by atoms with van der Waals surface area (Å²) >= 11 is 0. The van der Waals surface area contributed by atoms with Gasteiger partial charge in [-0.1, -0.05) is 13.8 Å². The summed E-state index contributed by atoms with van der Waals surface area (Å²) in [6.45, 7) is 4.05. The zero-order valence-corrected chi connectivity index (χ0v) is 9.80. The molecule has 0 aliphatic heterocycles. The van der Waals surface area contributed by atoms with Crippen LogP contribution in [0.4, 0.5) is 13.2 Å². The highest BCUT2D eigenvalue weighted by Gasteiger charge is 2.64. The van der Waals surface area contributed by atoms with E-state index in [1.807, 2.05) is 13.8 Å². The monoisotopic (exact) mass is 244 g/mol. The Bertz CT molecular complexity index is 440. The van der Waals surface area contributed by atoms with E-state index >= 15 is 0 Å². The van der Waals surface area contributed by atoms with E-state index in [0.717, 1.165) is 6.07 Å². The topological polar surface area (TPSA) is 38.9 Å². The summed E-state index contributed by atoms with van der Waals surface area (Å²) in [4.78, 5) is 3.95. The Labute approximate surface area is 98.0 Å². The lowest BCUT2D eigenvalue weighted by molar-refractivity contribution is -0.138. The van der Waals surface area contributed by atoms with E-state index in [4.69, 9.17) is 5.73 Å². The fraction of sp³-hybridized carbons (Fsp3) is 0.583. The average molecular weight is 244 g/mol. The molecule has 1 saturated carbocycles. The Morgan fingerprint density at radius 2 is 2.00 bits per heavy atom. The van der Waals surface area contributed by atoms with Gasteiger partial charge >= 0.3 is 6.18 Å². The summed E-state index contributed by atoms with van der Waals surface area (Å²) in [5.41, 5.74) is 4.28. The molecule has 17 heavy (non-hydrogen) atoms. The standard InChI is InChI=1S/C12H15F3N2/c1-10(2)6-11(10,7-16)9-8(12(13,14)15)4-3-5-17-9/h3-5H,6-7,16H2,1-2H3. The SMILES string of the molecule is CC1(C)CC1(CN)c1ncccc1C(F)(F)F. The molecule has 1 heterocycles. The van der Waals surface area contributed by atoms with Crippen LogP contribution >= 0.6 is 0 Å². The maximum absolute atomic E-state index is 12.9. The predicted molar refractivity (Wildman–Crippen MR) is 58.4 cm³/mol. The van der Waals surface area contributed by atoms with Crippen LogP contribution in [-0.2, 0) is 11.6 Å². The molecule has 1 atom stereocenters. The quantitative estimate of drug-likeness (QED) is 0.868. The van der Waals surface area contributed by atoms with Gasteiger partial charge in [0.05, 0.1) is 11.3 Å². The van der Waals surface area contributed by atoms with Gasteiger partial charge in [-0.15, -0.1) is 0 Å². The van der Waals surface area contributed by atoms with Gasteiger partial charge in [0, 0.05) is 18.2 Å². The van der Waals surface area contributed by atoms with Crippen LogP contribution in [0.25, 0.3) is 0 Å². The first-order valence-electron chi connectivity index (χ1n) is 5.47. The Kier molecular flexibility index (Phi) is 2.51. The molecular formula is C12H15F3N2. The van der Waals surface area contributed by atoms with Gasteiger partial charge < -0.3 is 5.73 Å². The van der Waals surface area contributed by atoms with Gasteiger partial charge in [-0.05, 0) is 24.0 Å². The number of halogens is 3. The molecule has 1 aliphatic rings. The van der Waals surface area contributed by atoms with E-state index < -0.39 is 17.2 Å². The Morgan fingerprint density at radius 3 is 2.41 bits per heavy atom. The summed E-state index contributed by atoms with van der Waals surface area (Å²) in [6.07, 6.45) is -2.32. The number of pyridine rings is 1. The van der Waals surface area contributed by atoms with Crippen LogP contribution in [0.15, 0.2) is 18.3 Å². The first-order chi connectivity index (χ1) is 7.74.